The van der Waals surface area contributed by atoms with E-state index in [1.165, 1.54) is 18.5 Å². The number of carbonyl (C=O) groups excluding carboxylic acids is 1. The van der Waals surface area contributed by atoms with Crippen LogP contribution in [0.15, 0.2) is 60.9 Å². The van der Waals surface area contributed by atoms with Gasteiger partial charge in [-0.05, 0) is 24.3 Å². The normalized spacial score (nSPS) is 14.3. The van der Waals surface area contributed by atoms with Crippen molar-refractivity contribution >= 4 is 22.9 Å². The highest BCUT2D eigenvalue weighted by atomic mass is 19.1. The van der Waals surface area contributed by atoms with E-state index < -0.39 is 5.82 Å². The summed E-state index contributed by atoms with van der Waals surface area (Å²) in [6.45, 7) is 2.05. The average molecular weight is 403 g/mol. The summed E-state index contributed by atoms with van der Waals surface area (Å²) in [5, 5.41) is 8.54. The minimum Gasteiger partial charge on any atom is -0.351 e. The third-order valence-electron chi connectivity index (χ3n) is 5.19. The number of rotatable bonds is 3. The molecule has 3 heterocycles. The second-order valence-corrected chi connectivity index (χ2v) is 6.97. The van der Waals surface area contributed by atoms with Crippen LogP contribution in [0.4, 0.5) is 10.2 Å². The smallest absolute Gasteiger partial charge is 0.256 e. The molecule has 5 rings (SSSR count). The van der Waals surface area contributed by atoms with Gasteiger partial charge < -0.3 is 9.80 Å². The third-order valence-corrected chi connectivity index (χ3v) is 5.19. The number of hydrogen-bond acceptors (Lipinski definition) is 6. The van der Waals surface area contributed by atoms with Crippen LogP contribution in [0, 0.1) is 5.82 Å². The van der Waals surface area contributed by atoms with Crippen molar-refractivity contribution in [1.29, 1.82) is 0 Å². The van der Waals surface area contributed by atoms with Gasteiger partial charge in [-0.2, -0.15) is 4.68 Å². The number of nitrogens with zero attached hydrogens (tertiary/aromatic N) is 7. The molecule has 1 aliphatic heterocycles. The topological polar surface area (TPSA) is 80.0 Å². The van der Waals surface area contributed by atoms with Crippen LogP contribution in [0.3, 0.4) is 0 Å². The lowest BCUT2D eigenvalue weighted by atomic mass is 10.1. The zero-order chi connectivity index (χ0) is 20.5. The molecule has 1 amide bonds. The first-order chi connectivity index (χ1) is 14.7. The quantitative estimate of drug-likeness (QED) is 0.522. The third kappa shape index (κ3) is 3.14. The van der Waals surface area contributed by atoms with Crippen molar-refractivity contribution in [3.63, 3.8) is 0 Å². The van der Waals surface area contributed by atoms with E-state index >= 15 is 0 Å². The van der Waals surface area contributed by atoms with Crippen molar-refractivity contribution in [1.82, 2.24) is 29.9 Å². The molecule has 9 heteroatoms. The minimum atomic E-state index is -0.500. The van der Waals surface area contributed by atoms with Crippen LogP contribution in [0.5, 0.6) is 0 Å². The van der Waals surface area contributed by atoms with Gasteiger partial charge in [0.25, 0.3) is 5.91 Å². The van der Waals surface area contributed by atoms with Crippen LogP contribution < -0.4 is 4.90 Å². The zero-order valence-corrected chi connectivity index (χ0v) is 16.0. The number of halogens is 1. The molecular weight excluding hydrogens is 385 g/mol. The molecule has 0 radical (unpaired) electrons. The molecule has 30 heavy (non-hydrogen) atoms. The maximum Gasteiger partial charge on any atom is 0.256 e. The average Bonchev–Trinajstić information content (AvgIpc) is 3.24. The molecule has 150 valence electrons. The summed E-state index contributed by atoms with van der Waals surface area (Å²) >= 11 is 0. The number of aromatic nitrogens is 5. The molecular formula is C21H18FN7O. The van der Waals surface area contributed by atoms with Crippen LogP contribution >= 0.6 is 0 Å². The number of hydrogen-bond donors (Lipinski definition) is 0. The molecule has 0 bridgehead atoms. The summed E-state index contributed by atoms with van der Waals surface area (Å²) in [7, 11) is 0. The largest absolute Gasteiger partial charge is 0.351 e. The predicted octanol–water partition coefficient (Wildman–Crippen LogP) is 2.31. The highest BCUT2D eigenvalue weighted by molar-refractivity contribution is 5.94. The number of fused-ring (bicyclic) bond motifs is 1. The first kappa shape index (κ1) is 18.2. The molecule has 1 fully saturated rings. The van der Waals surface area contributed by atoms with Gasteiger partial charge in [-0.1, -0.05) is 35.5 Å². The summed E-state index contributed by atoms with van der Waals surface area (Å²) in [6, 6.07) is 15.7. The Morgan fingerprint density at radius 3 is 2.40 bits per heavy atom. The van der Waals surface area contributed by atoms with Gasteiger partial charge in [-0.15, -0.1) is 5.10 Å². The number of benzene rings is 2. The van der Waals surface area contributed by atoms with Crippen molar-refractivity contribution in [3.8, 4) is 5.69 Å². The van der Waals surface area contributed by atoms with Crippen LogP contribution in [-0.4, -0.2) is 61.9 Å². The first-order valence-electron chi connectivity index (χ1n) is 9.63. The van der Waals surface area contributed by atoms with E-state index in [0.29, 0.717) is 43.2 Å². The molecule has 4 aromatic rings. The molecule has 8 nitrogen and oxygen atoms in total. The Bertz CT molecular complexity index is 1200. The van der Waals surface area contributed by atoms with Crippen LogP contribution in [0.2, 0.25) is 0 Å². The monoisotopic (exact) mass is 403 g/mol. The van der Waals surface area contributed by atoms with Gasteiger partial charge in [0.15, 0.2) is 17.0 Å². The second-order valence-electron chi connectivity index (χ2n) is 6.97. The van der Waals surface area contributed by atoms with E-state index in [0.717, 1.165) is 5.69 Å². The Kier molecular flexibility index (Phi) is 4.55. The number of amides is 1. The Hall–Kier alpha value is -3.88. The number of carbonyl (C=O) groups is 1. The van der Waals surface area contributed by atoms with Gasteiger partial charge in [0.05, 0.1) is 11.3 Å². The SMILES string of the molecule is O=C(c1ccccc1F)N1CCN(c2ncnc3c2nnn3-c2ccccc2)CC1. The van der Waals surface area contributed by atoms with Crippen LogP contribution in [-0.2, 0) is 0 Å². The standard InChI is InChI=1S/C21H18FN7O/c22-17-9-5-4-8-16(17)21(30)28-12-10-27(11-13-28)19-18-20(24-14-23-19)29(26-25-18)15-6-2-1-3-7-15/h1-9,14H,10-13H2. The van der Waals surface area contributed by atoms with Gasteiger partial charge in [0, 0.05) is 26.2 Å². The fraction of sp³-hybridized carbons (Fsp3) is 0.190. The molecule has 0 aliphatic carbocycles. The highest BCUT2D eigenvalue weighted by Crippen LogP contribution is 2.24. The van der Waals surface area contributed by atoms with E-state index in [1.54, 1.807) is 21.7 Å². The Balaban J connectivity index is 1.37. The van der Waals surface area contributed by atoms with Gasteiger partial charge in [-0.25, -0.2) is 14.4 Å². The van der Waals surface area contributed by atoms with Crippen molar-refractivity contribution in [2.24, 2.45) is 0 Å². The molecule has 0 spiro atoms. The number of anilines is 1. The molecule has 0 N–H and O–H groups in total. The number of piperazine rings is 1. The van der Waals surface area contributed by atoms with E-state index in [1.807, 2.05) is 30.3 Å². The first-order valence-corrected chi connectivity index (χ1v) is 9.63. The molecule has 0 unspecified atom stereocenters. The Morgan fingerprint density at radius 1 is 0.900 bits per heavy atom. The van der Waals surface area contributed by atoms with Gasteiger partial charge >= 0.3 is 0 Å². The van der Waals surface area contributed by atoms with Gasteiger partial charge in [-0.3, -0.25) is 4.79 Å². The summed E-state index contributed by atoms with van der Waals surface area (Å²) < 4.78 is 15.6. The maximum absolute atomic E-state index is 14.0. The molecule has 2 aromatic heterocycles. The van der Waals surface area contributed by atoms with E-state index in [9.17, 15) is 9.18 Å². The van der Waals surface area contributed by atoms with Crippen molar-refractivity contribution in [2.45, 2.75) is 0 Å². The Labute approximate surface area is 171 Å². The maximum atomic E-state index is 14.0. The fourth-order valence-corrected chi connectivity index (χ4v) is 3.64. The lowest BCUT2D eigenvalue weighted by Crippen LogP contribution is -2.49. The van der Waals surface area contributed by atoms with Crippen molar-refractivity contribution in [3.05, 3.63) is 72.3 Å². The predicted molar refractivity (Wildman–Crippen MR) is 109 cm³/mol. The number of para-hydroxylation sites is 1. The van der Waals surface area contributed by atoms with Crippen molar-refractivity contribution in [2.75, 3.05) is 31.1 Å². The lowest BCUT2D eigenvalue weighted by molar-refractivity contribution is 0.0742. The molecule has 2 aromatic carbocycles. The molecule has 1 aliphatic rings. The summed E-state index contributed by atoms with van der Waals surface area (Å²) in [5.74, 6) is -0.115. The van der Waals surface area contributed by atoms with Crippen molar-refractivity contribution < 1.29 is 9.18 Å². The molecule has 0 atom stereocenters. The zero-order valence-electron chi connectivity index (χ0n) is 16.0. The lowest BCUT2D eigenvalue weighted by Gasteiger charge is -2.35. The fourth-order valence-electron chi connectivity index (χ4n) is 3.64. The van der Waals surface area contributed by atoms with E-state index in [-0.39, 0.29) is 11.5 Å². The highest BCUT2D eigenvalue weighted by Gasteiger charge is 2.26. The van der Waals surface area contributed by atoms with E-state index in [2.05, 4.69) is 25.2 Å². The summed E-state index contributed by atoms with van der Waals surface area (Å²) in [5.41, 5.74) is 2.19. The molecule has 1 saturated heterocycles. The second kappa shape index (κ2) is 7.51. The Morgan fingerprint density at radius 2 is 1.63 bits per heavy atom. The summed E-state index contributed by atoms with van der Waals surface area (Å²) in [4.78, 5) is 25.1. The van der Waals surface area contributed by atoms with Crippen LogP contribution in [0.1, 0.15) is 10.4 Å². The molecule has 0 saturated carbocycles. The van der Waals surface area contributed by atoms with Gasteiger partial charge in [0.2, 0.25) is 0 Å². The minimum absolute atomic E-state index is 0.0983. The summed E-state index contributed by atoms with van der Waals surface area (Å²) in [6.07, 6.45) is 1.50. The van der Waals surface area contributed by atoms with Crippen LogP contribution in [0.25, 0.3) is 16.9 Å². The van der Waals surface area contributed by atoms with Gasteiger partial charge in [0.1, 0.15) is 12.1 Å². The van der Waals surface area contributed by atoms with E-state index in [4.69, 9.17) is 0 Å².